The molecule has 0 spiro atoms. The third-order valence-corrected chi connectivity index (χ3v) is 4.00. The predicted molar refractivity (Wildman–Crippen MR) is 112 cm³/mol. The van der Waals surface area contributed by atoms with E-state index in [1.54, 1.807) is 6.07 Å². The zero-order valence-electron chi connectivity index (χ0n) is 17.3. The number of fused-ring (bicyclic) bond motifs is 3. The zero-order valence-corrected chi connectivity index (χ0v) is 17.3. The molecule has 8 nitrogen and oxygen atoms in total. The first-order valence-corrected chi connectivity index (χ1v) is 9.62. The van der Waals surface area contributed by atoms with Crippen molar-refractivity contribution in [2.75, 3.05) is 38.6 Å². The van der Waals surface area contributed by atoms with Gasteiger partial charge < -0.3 is 23.9 Å². The summed E-state index contributed by atoms with van der Waals surface area (Å²) in [6.07, 6.45) is -0.509. The molecule has 0 aliphatic heterocycles. The van der Waals surface area contributed by atoms with Gasteiger partial charge in [-0.25, -0.2) is 9.18 Å². The second-order valence-corrected chi connectivity index (χ2v) is 7.54. The van der Waals surface area contributed by atoms with Gasteiger partial charge in [0.25, 0.3) is 0 Å². The van der Waals surface area contributed by atoms with Crippen LogP contribution in [-0.2, 0) is 14.2 Å². The predicted octanol–water partition coefficient (Wildman–Crippen LogP) is 4.40. The lowest BCUT2D eigenvalue weighted by molar-refractivity contribution is 0.00399. The molecule has 0 fully saturated rings. The number of H-pyrrole nitrogens is 1. The molecule has 0 unspecified atom stereocenters. The van der Waals surface area contributed by atoms with Crippen molar-refractivity contribution in [1.82, 2.24) is 9.97 Å². The largest absolute Gasteiger partial charge is 0.475 e. The van der Waals surface area contributed by atoms with Gasteiger partial charge in [0, 0.05) is 28.0 Å². The van der Waals surface area contributed by atoms with Crippen LogP contribution in [0.3, 0.4) is 0 Å². The van der Waals surface area contributed by atoms with Crippen LogP contribution in [0.4, 0.5) is 14.9 Å². The number of rotatable bonds is 9. The molecule has 0 aliphatic carbocycles. The Morgan fingerprint density at radius 2 is 1.80 bits per heavy atom. The molecule has 162 valence electrons. The SMILES string of the molecule is CC(C)(C)OC(=O)Nc1ccc2c(c1)[nH]c1nc(OCCOCCOCF)ccc12. The van der Waals surface area contributed by atoms with Gasteiger partial charge in [-0.2, -0.15) is 4.98 Å². The average molecular weight is 419 g/mol. The Balaban J connectivity index is 1.63. The summed E-state index contributed by atoms with van der Waals surface area (Å²) in [5.41, 5.74) is 1.56. The van der Waals surface area contributed by atoms with Gasteiger partial charge in [-0.05, 0) is 39.0 Å². The topological polar surface area (TPSA) is 94.7 Å². The normalized spacial score (nSPS) is 11.7. The molecule has 2 heterocycles. The van der Waals surface area contributed by atoms with Crippen LogP contribution in [0.2, 0.25) is 0 Å². The van der Waals surface area contributed by atoms with E-state index in [1.807, 2.05) is 45.0 Å². The van der Waals surface area contributed by atoms with Crippen LogP contribution in [0.1, 0.15) is 20.8 Å². The van der Waals surface area contributed by atoms with Gasteiger partial charge >= 0.3 is 6.09 Å². The Bertz CT molecular complexity index is 999. The van der Waals surface area contributed by atoms with Crippen LogP contribution in [0.25, 0.3) is 21.9 Å². The molecule has 3 aromatic rings. The van der Waals surface area contributed by atoms with Crippen molar-refractivity contribution in [1.29, 1.82) is 0 Å². The lowest BCUT2D eigenvalue weighted by Gasteiger charge is -2.19. The molecule has 1 amide bonds. The Morgan fingerprint density at radius 3 is 2.57 bits per heavy atom. The van der Waals surface area contributed by atoms with E-state index < -0.39 is 18.6 Å². The summed E-state index contributed by atoms with van der Waals surface area (Å²) >= 11 is 0. The molecule has 2 N–H and O–H groups in total. The van der Waals surface area contributed by atoms with Gasteiger partial charge in [-0.15, -0.1) is 0 Å². The van der Waals surface area contributed by atoms with Crippen LogP contribution in [0.15, 0.2) is 30.3 Å². The number of alkyl halides is 1. The molecule has 9 heteroatoms. The fourth-order valence-electron chi connectivity index (χ4n) is 2.82. The Labute approximate surface area is 173 Å². The first-order valence-electron chi connectivity index (χ1n) is 9.62. The molecular formula is C21H26FN3O5. The standard InChI is InChI=1S/C21H26FN3O5/c1-21(2,3)30-20(26)23-14-4-5-15-16-6-7-18(25-19(16)24-17(15)12-14)29-11-10-27-8-9-28-13-22/h4-7,12H,8-11,13H2,1-3H3,(H,23,26)(H,24,25). The van der Waals surface area contributed by atoms with Crippen molar-refractivity contribution >= 4 is 33.7 Å². The average Bonchev–Trinajstić information content (AvgIpc) is 3.02. The molecule has 0 saturated heterocycles. The Hall–Kier alpha value is -2.91. The minimum Gasteiger partial charge on any atom is -0.475 e. The van der Waals surface area contributed by atoms with Gasteiger partial charge in [0.05, 0.1) is 19.8 Å². The summed E-state index contributed by atoms with van der Waals surface area (Å²) in [7, 11) is 0. The van der Waals surface area contributed by atoms with Crippen LogP contribution in [0.5, 0.6) is 5.88 Å². The Morgan fingerprint density at radius 1 is 1.07 bits per heavy atom. The third kappa shape index (κ3) is 6.04. The molecule has 2 aromatic heterocycles. The van der Waals surface area contributed by atoms with Gasteiger partial charge in [-0.1, -0.05) is 6.07 Å². The van der Waals surface area contributed by atoms with Gasteiger partial charge in [0.15, 0.2) is 6.86 Å². The maximum absolute atomic E-state index is 12.0. The highest BCUT2D eigenvalue weighted by Crippen LogP contribution is 2.28. The van der Waals surface area contributed by atoms with Crippen LogP contribution in [0, 0.1) is 0 Å². The number of aromatic amines is 1. The molecule has 3 rings (SSSR count). The second-order valence-electron chi connectivity index (χ2n) is 7.54. The van der Waals surface area contributed by atoms with E-state index in [0.717, 1.165) is 16.3 Å². The van der Waals surface area contributed by atoms with E-state index >= 15 is 0 Å². The quantitative estimate of drug-likeness (QED) is 0.499. The summed E-state index contributed by atoms with van der Waals surface area (Å²) in [6.45, 7) is 5.80. The van der Waals surface area contributed by atoms with E-state index in [9.17, 15) is 9.18 Å². The maximum atomic E-state index is 12.0. The molecule has 0 bridgehead atoms. The number of nitrogens with one attached hydrogen (secondary N) is 2. The number of nitrogens with zero attached hydrogens (tertiary/aromatic N) is 1. The molecule has 1 aromatic carbocycles. The van der Waals surface area contributed by atoms with Crippen LogP contribution in [-0.4, -0.2) is 55.0 Å². The number of anilines is 1. The fraction of sp³-hybridized carbons (Fsp3) is 0.429. The molecule has 0 saturated carbocycles. The number of carbonyl (C=O) groups is 1. The van der Waals surface area contributed by atoms with Crippen LogP contribution < -0.4 is 10.1 Å². The summed E-state index contributed by atoms with van der Waals surface area (Å²) in [5, 5.41) is 4.66. The highest BCUT2D eigenvalue weighted by molar-refractivity contribution is 6.07. The lowest BCUT2D eigenvalue weighted by Crippen LogP contribution is -2.27. The monoisotopic (exact) mass is 419 g/mol. The van der Waals surface area contributed by atoms with E-state index in [0.29, 0.717) is 37.0 Å². The summed E-state index contributed by atoms with van der Waals surface area (Å²) in [4.78, 5) is 19.7. The van der Waals surface area contributed by atoms with Crippen molar-refractivity contribution < 1.29 is 28.1 Å². The minimum atomic E-state index is -0.813. The molecule has 30 heavy (non-hydrogen) atoms. The van der Waals surface area contributed by atoms with Crippen LogP contribution >= 0.6 is 0 Å². The van der Waals surface area contributed by atoms with E-state index in [1.165, 1.54) is 0 Å². The minimum absolute atomic E-state index is 0.209. The number of pyridine rings is 1. The number of aromatic nitrogens is 2. The van der Waals surface area contributed by atoms with E-state index in [2.05, 4.69) is 20.0 Å². The number of halogens is 1. The number of ether oxygens (including phenoxy) is 4. The van der Waals surface area contributed by atoms with E-state index in [4.69, 9.17) is 14.2 Å². The highest BCUT2D eigenvalue weighted by atomic mass is 19.1. The first-order chi connectivity index (χ1) is 14.4. The van der Waals surface area contributed by atoms with Gasteiger partial charge in [0.2, 0.25) is 5.88 Å². The Kier molecular flexibility index (Phi) is 7.07. The van der Waals surface area contributed by atoms with Crippen molar-refractivity contribution in [3.05, 3.63) is 30.3 Å². The lowest BCUT2D eigenvalue weighted by atomic mass is 10.2. The second kappa shape index (κ2) is 9.73. The number of benzene rings is 1. The number of amides is 1. The molecule has 0 radical (unpaired) electrons. The summed E-state index contributed by atoms with van der Waals surface area (Å²) < 4.78 is 32.5. The maximum Gasteiger partial charge on any atom is 0.412 e. The van der Waals surface area contributed by atoms with Crippen molar-refractivity contribution in [2.24, 2.45) is 0 Å². The smallest absolute Gasteiger partial charge is 0.412 e. The van der Waals surface area contributed by atoms with Crippen molar-refractivity contribution in [3.63, 3.8) is 0 Å². The van der Waals surface area contributed by atoms with E-state index in [-0.39, 0.29) is 6.61 Å². The molecule has 0 aliphatic rings. The van der Waals surface area contributed by atoms with Gasteiger partial charge in [0.1, 0.15) is 17.9 Å². The first kappa shape index (κ1) is 21.8. The molecule has 0 atom stereocenters. The molecular weight excluding hydrogens is 393 g/mol. The fourth-order valence-corrected chi connectivity index (χ4v) is 2.82. The number of hydrogen-bond donors (Lipinski definition) is 2. The zero-order chi connectivity index (χ0) is 21.6. The summed E-state index contributed by atoms with van der Waals surface area (Å²) in [6, 6.07) is 9.27. The number of carbonyl (C=O) groups excluding carboxylic acids is 1. The number of hydrogen-bond acceptors (Lipinski definition) is 6. The highest BCUT2D eigenvalue weighted by Gasteiger charge is 2.16. The van der Waals surface area contributed by atoms with Crippen molar-refractivity contribution in [3.8, 4) is 5.88 Å². The van der Waals surface area contributed by atoms with Crippen molar-refractivity contribution in [2.45, 2.75) is 26.4 Å². The third-order valence-electron chi connectivity index (χ3n) is 4.00. The summed E-state index contributed by atoms with van der Waals surface area (Å²) in [5.74, 6) is 0.463. The van der Waals surface area contributed by atoms with Gasteiger partial charge in [-0.3, -0.25) is 5.32 Å².